The number of likely N-dealkylation sites (tertiary alicyclic amines) is 1. The minimum absolute atomic E-state index is 0.413. The lowest BCUT2D eigenvalue weighted by Crippen LogP contribution is -2.48. The van der Waals surface area contributed by atoms with E-state index in [2.05, 4.69) is 0 Å². The Hall–Kier alpha value is -0.770. The van der Waals surface area contributed by atoms with Crippen LogP contribution in [-0.4, -0.2) is 34.0 Å². The van der Waals surface area contributed by atoms with E-state index in [9.17, 15) is 9.90 Å². The van der Waals surface area contributed by atoms with Gasteiger partial charge in [-0.3, -0.25) is 4.90 Å². The Kier molecular flexibility index (Phi) is 3.28. The van der Waals surface area contributed by atoms with Crippen LogP contribution in [0, 0.1) is 0 Å². The molecule has 4 heteroatoms. The molecule has 1 saturated heterocycles. The van der Waals surface area contributed by atoms with E-state index in [0.717, 1.165) is 6.42 Å². The first kappa shape index (κ1) is 12.3. The van der Waals surface area contributed by atoms with Crippen LogP contribution >= 0.6 is 0 Å². The minimum atomic E-state index is -0.998. The molecule has 15 heavy (non-hydrogen) atoms. The van der Waals surface area contributed by atoms with E-state index in [1.807, 2.05) is 27.7 Å². The lowest BCUT2D eigenvalue weighted by Gasteiger charge is -2.34. The Labute approximate surface area is 91.2 Å². The third kappa shape index (κ3) is 2.84. The average molecular weight is 215 g/mol. The zero-order valence-corrected chi connectivity index (χ0v) is 10.0. The van der Waals surface area contributed by atoms with Crippen molar-refractivity contribution >= 4 is 6.09 Å². The molecule has 1 unspecified atom stereocenters. The maximum atomic E-state index is 11.8. The lowest BCUT2D eigenvalue weighted by molar-refractivity contribution is -0.0856. The third-order valence-electron chi connectivity index (χ3n) is 2.64. The molecule has 0 aromatic carbocycles. The summed E-state index contributed by atoms with van der Waals surface area (Å²) in [6, 6.07) is 0. The Morgan fingerprint density at radius 1 is 1.53 bits per heavy atom. The molecular weight excluding hydrogens is 194 g/mol. The number of hydrogen-bond donors (Lipinski definition) is 1. The van der Waals surface area contributed by atoms with Crippen LogP contribution in [-0.2, 0) is 4.74 Å². The fourth-order valence-electron chi connectivity index (χ4n) is 1.81. The average Bonchev–Trinajstić information content (AvgIpc) is 2.45. The summed E-state index contributed by atoms with van der Waals surface area (Å²) in [5.41, 5.74) is -1.50. The van der Waals surface area contributed by atoms with Gasteiger partial charge in [-0.2, -0.15) is 0 Å². The molecule has 0 saturated carbocycles. The zero-order chi connectivity index (χ0) is 11.7. The predicted molar refractivity (Wildman–Crippen MR) is 57.4 cm³/mol. The first-order chi connectivity index (χ1) is 6.78. The molecule has 0 bridgehead atoms. The van der Waals surface area contributed by atoms with Gasteiger partial charge in [0, 0.05) is 6.54 Å². The Balaban J connectivity index is 2.67. The van der Waals surface area contributed by atoms with Crippen LogP contribution < -0.4 is 0 Å². The molecule has 0 aromatic heterocycles. The maximum absolute atomic E-state index is 11.8. The highest BCUT2D eigenvalue weighted by Gasteiger charge is 2.42. The number of aliphatic hydroxyl groups is 1. The normalized spacial score (nSPS) is 26.9. The van der Waals surface area contributed by atoms with E-state index in [1.54, 1.807) is 0 Å². The van der Waals surface area contributed by atoms with Crippen LogP contribution in [0.2, 0.25) is 0 Å². The second-order valence-electron chi connectivity index (χ2n) is 5.07. The quantitative estimate of drug-likeness (QED) is 0.729. The molecule has 1 N–H and O–H groups in total. The van der Waals surface area contributed by atoms with Crippen molar-refractivity contribution in [1.29, 1.82) is 0 Å². The van der Waals surface area contributed by atoms with Crippen molar-refractivity contribution in [2.24, 2.45) is 0 Å². The van der Waals surface area contributed by atoms with E-state index in [4.69, 9.17) is 4.74 Å². The van der Waals surface area contributed by atoms with Gasteiger partial charge in [0.15, 0.2) is 0 Å². The highest BCUT2D eigenvalue weighted by molar-refractivity contribution is 5.69. The molecule has 4 nitrogen and oxygen atoms in total. The van der Waals surface area contributed by atoms with Crippen LogP contribution in [0.1, 0.15) is 47.0 Å². The molecule has 1 amide bonds. The molecule has 1 aliphatic rings. The summed E-state index contributed by atoms with van der Waals surface area (Å²) < 4.78 is 5.25. The van der Waals surface area contributed by atoms with Crippen molar-refractivity contribution in [2.45, 2.75) is 58.3 Å². The topological polar surface area (TPSA) is 49.8 Å². The van der Waals surface area contributed by atoms with Crippen LogP contribution in [0.3, 0.4) is 0 Å². The van der Waals surface area contributed by atoms with Crippen molar-refractivity contribution in [3.05, 3.63) is 0 Å². The predicted octanol–water partition coefficient (Wildman–Crippen LogP) is 2.12. The summed E-state index contributed by atoms with van der Waals surface area (Å²) in [5.74, 6) is 0. The Morgan fingerprint density at radius 3 is 2.60 bits per heavy atom. The summed E-state index contributed by atoms with van der Waals surface area (Å²) in [6.07, 6.45) is 1.61. The monoisotopic (exact) mass is 215 g/mol. The Morgan fingerprint density at radius 2 is 2.13 bits per heavy atom. The molecule has 1 aliphatic heterocycles. The second-order valence-corrected chi connectivity index (χ2v) is 5.07. The van der Waals surface area contributed by atoms with E-state index >= 15 is 0 Å². The van der Waals surface area contributed by atoms with Gasteiger partial charge in [0.05, 0.1) is 0 Å². The van der Waals surface area contributed by atoms with Gasteiger partial charge in [0.25, 0.3) is 0 Å². The van der Waals surface area contributed by atoms with Gasteiger partial charge in [-0.05, 0) is 40.0 Å². The number of ether oxygens (including phenoxy) is 1. The van der Waals surface area contributed by atoms with Crippen molar-refractivity contribution in [3.63, 3.8) is 0 Å². The molecule has 1 atom stereocenters. The van der Waals surface area contributed by atoms with Gasteiger partial charge < -0.3 is 9.84 Å². The molecule has 0 spiro atoms. The SMILES string of the molecule is CCC1(O)CCCN1C(=O)OC(C)(C)C. The number of nitrogens with zero attached hydrogens (tertiary/aromatic N) is 1. The number of rotatable bonds is 1. The van der Waals surface area contributed by atoms with Gasteiger partial charge in [-0.25, -0.2) is 4.79 Å². The van der Waals surface area contributed by atoms with Crippen LogP contribution in [0.25, 0.3) is 0 Å². The molecule has 0 aromatic rings. The summed E-state index contributed by atoms with van der Waals surface area (Å²) >= 11 is 0. The first-order valence-electron chi connectivity index (χ1n) is 5.51. The summed E-state index contributed by atoms with van der Waals surface area (Å²) in [5, 5.41) is 10.2. The summed E-state index contributed by atoms with van der Waals surface area (Å²) in [4.78, 5) is 13.2. The van der Waals surface area contributed by atoms with Gasteiger partial charge in [0.1, 0.15) is 11.3 Å². The van der Waals surface area contributed by atoms with Crippen molar-refractivity contribution in [3.8, 4) is 0 Å². The highest BCUT2D eigenvalue weighted by Crippen LogP contribution is 2.30. The smallest absolute Gasteiger partial charge is 0.412 e. The van der Waals surface area contributed by atoms with Gasteiger partial charge >= 0.3 is 6.09 Å². The van der Waals surface area contributed by atoms with Crippen molar-refractivity contribution in [1.82, 2.24) is 4.90 Å². The van der Waals surface area contributed by atoms with Gasteiger partial charge in [-0.1, -0.05) is 6.92 Å². The molecule has 0 radical (unpaired) electrons. The zero-order valence-electron chi connectivity index (χ0n) is 10.0. The molecule has 1 rings (SSSR count). The third-order valence-corrected chi connectivity index (χ3v) is 2.64. The van der Waals surface area contributed by atoms with E-state index in [1.165, 1.54) is 4.90 Å². The molecule has 0 aliphatic carbocycles. The minimum Gasteiger partial charge on any atom is -0.444 e. The van der Waals surface area contributed by atoms with Gasteiger partial charge in [-0.15, -0.1) is 0 Å². The van der Waals surface area contributed by atoms with Crippen LogP contribution in [0.15, 0.2) is 0 Å². The van der Waals surface area contributed by atoms with Crippen molar-refractivity contribution in [2.75, 3.05) is 6.54 Å². The molecule has 1 fully saturated rings. The number of amides is 1. The lowest BCUT2D eigenvalue weighted by atomic mass is 10.1. The first-order valence-corrected chi connectivity index (χ1v) is 5.51. The van der Waals surface area contributed by atoms with Crippen LogP contribution in [0.5, 0.6) is 0 Å². The van der Waals surface area contributed by atoms with E-state index < -0.39 is 17.4 Å². The molecular formula is C11H21NO3. The maximum Gasteiger partial charge on any atom is 0.412 e. The standard InChI is InChI=1S/C11H21NO3/c1-5-11(14)7-6-8-12(11)9(13)15-10(2,3)4/h14H,5-8H2,1-4H3. The number of carbonyl (C=O) groups is 1. The largest absolute Gasteiger partial charge is 0.444 e. The van der Waals surface area contributed by atoms with Crippen molar-refractivity contribution < 1.29 is 14.6 Å². The molecule has 1 heterocycles. The second kappa shape index (κ2) is 4.00. The summed E-state index contributed by atoms with van der Waals surface area (Å²) in [6.45, 7) is 7.94. The van der Waals surface area contributed by atoms with E-state index in [-0.39, 0.29) is 0 Å². The highest BCUT2D eigenvalue weighted by atomic mass is 16.6. The van der Waals surface area contributed by atoms with Gasteiger partial charge in [0.2, 0.25) is 0 Å². The number of carbonyl (C=O) groups excluding carboxylic acids is 1. The van der Waals surface area contributed by atoms with E-state index in [0.29, 0.717) is 19.4 Å². The molecule has 88 valence electrons. The Bertz CT molecular complexity index is 247. The fourth-order valence-corrected chi connectivity index (χ4v) is 1.81. The van der Waals surface area contributed by atoms with Crippen LogP contribution in [0.4, 0.5) is 4.79 Å². The summed E-state index contributed by atoms with van der Waals surface area (Å²) in [7, 11) is 0. The number of hydrogen-bond acceptors (Lipinski definition) is 3. The fraction of sp³-hybridized carbons (Fsp3) is 0.909.